The molecule has 1 nitrogen and oxygen atoms in total. The SMILES string of the molecule is C=C[C@@H]([CH2][Sn]([CH2]CCC)([CH2]CCC)[CH2]CCC)[C@H](O)c1ccccc1. The zero-order valence-electron chi connectivity index (χ0n) is 16.8. The van der Waals surface area contributed by atoms with Crippen molar-refractivity contribution >= 4 is 18.4 Å². The van der Waals surface area contributed by atoms with E-state index in [1.807, 2.05) is 24.3 Å². The molecule has 0 saturated heterocycles. The molecule has 2 atom stereocenters. The van der Waals surface area contributed by atoms with E-state index in [4.69, 9.17) is 0 Å². The zero-order chi connectivity index (χ0) is 18.5. The van der Waals surface area contributed by atoms with Crippen LogP contribution in [-0.4, -0.2) is 23.5 Å². The molecule has 0 fully saturated rings. The molecule has 0 aromatic heterocycles. The quantitative estimate of drug-likeness (QED) is 0.231. The van der Waals surface area contributed by atoms with Crippen LogP contribution in [0.3, 0.4) is 0 Å². The van der Waals surface area contributed by atoms with Crippen molar-refractivity contribution in [3.05, 3.63) is 48.6 Å². The molecule has 0 radical (unpaired) electrons. The van der Waals surface area contributed by atoms with Crippen molar-refractivity contribution in [3.63, 3.8) is 0 Å². The second-order valence-corrected chi connectivity index (χ2v) is 21.8. The van der Waals surface area contributed by atoms with Crippen LogP contribution in [0.5, 0.6) is 0 Å². The van der Waals surface area contributed by atoms with E-state index >= 15 is 0 Å². The summed E-state index contributed by atoms with van der Waals surface area (Å²) in [6.45, 7) is 11.1. The summed E-state index contributed by atoms with van der Waals surface area (Å²) >= 11 is -2.25. The van der Waals surface area contributed by atoms with Crippen LogP contribution in [-0.2, 0) is 0 Å². The Morgan fingerprint density at radius 2 is 1.40 bits per heavy atom. The molecule has 1 aromatic rings. The Balaban J connectivity index is 2.98. The Labute approximate surface area is 160 Å². The van der Waals surface area contributed by atoms with Crippen LogP contribution < -0.4 is 0 Å². The summed E-state index contributed by atoms with van der Waals surface area (Å²) in [6.07, 6.45) is 9.72. The fourth-order valence-corrected chi connectivity index (χ4v) is 21.4. The normalized spacial score (nSPS) is 14.2. The maximum atomic E-state index is 11.0. The van der Waals surface area contributed by atoms with Gasteiger partial charge in [-0.2, -0.15) is 0 Å². The van der Waals surface area contributed by atoms with Gasteiger partial charge in [0.05, 0.1) is 0 Å². The number of unbranched alkanes of at least 4 members (excludes halogenated alkanes) is 3. The Morgan fingerprint density at radius 3 is 1.80 bits per heavy atom. The molecule has 0 aliphatic carbocycles. The van der Waals surface area contributed by atoms with E-state index in [2.05, 4.69) is 39.5 Å². The van der Waals surface area contributed by atoms with Crippen LogP contribution in [0.2, 0.25) is 17.7 Å². The van der Waals surface area contributed by atoms with Gasteiger partial charge in [-0.1, -0.05) is 0 Å². The number of aliphatic hydroxyl groups is 1. The minimum absolute atomic E-state index is 0.226. The summed E-state index contributed by atoms with van der Waals surface area (Å²) in [5.74, 6) is 0.226. The average molecular weight is 451 g/mol. The van der Waals surface area contributed by atoms with Crippen LogP contribution in [0.15, 0.2) is 43.0 Å². The summed E-state index contributed by atoms with van der Waals surface area (Å²) in [5, 5.41) is 11.0. The first kappa shape index (κ1) is 22.8. The van der Waals surface area contributed by atoms with Crippen molar-refractivity contribution in [1.82, 2.24) is 0 Å². The van der Waals surface area contributed by atoms with Gasteiger partial charge in [-0.15, -0.1) is 0 Å². The molecule has 0 bridgehead atoms. The molecule has 1 rings (SSSR count). The molecular formula is C23H40OSn. The van der Waals surface area contributed by atoms with E-state index in [9.17, 15) is 5.11 Å². The molecule has 142 valence electrons. The van der Waals surface area contributed by atoms with Crippen LogP contribution in [0.1, 0.15) is 71.0 Å². The number of benzene rings is 1. The van der Waals surface area contributed by atoms with Crippen molar-refractivity contribution in [3.8, 4) is 0 Å². The van der Waals surface area contributed by atoms with Gasteiger partial charge in [0.1, 0.15) is 0 Å². The number of rotatable bonds is 14. The van der Waals surface area contributed by atoms with Crippen molar-refractivity contribution in [1.29, 1.82) is 0 Å². The maximum absolute atomic E-state index is 11.0. The first-order valence-electron chi connectivity index (χ1n) is 10.5. The fourth-order valence-electron chi connectivity index (χ4n) is 4.06. The molecular weight excluding hydrogens is 411 g/mol. The molecule has 25 heavy (non-hydrogen) atoms. The van der Waals surface area contributed by atoms with Gasteiger partial charge in [-0.3, -0.25) is 0 Å². The molecule has 2 heteroatoms. The summed E-state index contributed by atoms with van der Waals surface area (Å²) in [4.78, 5) is 0. The Hall–Kier alpha value is -0.281. The molecule has 1 N–H and O–H groups in total. The van der Waals surface area contributed by atoms with Crippen molar-refractivity contribution < 1.29 is 5.11 Å². The Kier molecular flexibility index (Phi) is 11.8. The van der Waals surface area contributed by atoms with Gasteiger partial charge in [0.2, 0.25) is 0 Å². The predicted octanol–water partition coefficient (Wildman–Crippen LogP) is 7.37. The van der Waals surface area contributed by atoms with Gasteiger partial charge in [0, 0.05) is 0 Å². The summed E-state index contributed by atoms with van der Waals surface area (Å²) in [7, 11) is 0. The third-order valence-electron chi connectivity index (χ3n) is 5.70. The Bertz CT molecular complexity index is 435. The van der Waals surface area contributed by atoms with Crippen LogP contribution in [0.25, 0.3) is 0 Å². The standard InChI is InChI=1S/C11H13O.3C4H9.Sn/c1-3-9(2)11(12)10-7-5-4-6-8-10;3*1-3-4-2;/h3-9,11-12H,1-2H2;3*1,3-4H2,2H3;/t9-,11+;;;;/m1..../s1. The number of hydrogen-bond acceptors (Lipinski definition) is 1. The zero-order valence-corrected chi connectivity index (χ0v) is 19.7. The first-order valence-corrected chi connectivity index (χ1v) is 18.5. The van der Waals surface area contributed by atoms with Crippen LogP contribution >= 0.6 is 0 Å². The number of hydrogen-bond donors (Lipinski definition) is 1. The van der Waals surface area contributed by atoms with Crippen LogP contribution in [0.4, 0.5) is 0 Å². The summed E-state index contributed by atoms with van der Waals surface area (Å²) in [6, 6.07) is 10.2. The summed E-state index contributed by atoms with van der Waals surface area (Å²) in [5.41, 5.74) is 1.05. The third kappa shape index (κ3) is 7.86. The molecule has 0 unspecified atom stereocenters. The molecule has 0 heterocycles. The first-order chi connectivity index (χ1) is 12.1. The van der Waals surface area contributed by atoms with E-state index in [0.717, 1.165) is 5.56 Å². The minimum atomic E-state index is -2.25. The topological polar surface area (TPSA) is 20.2 Å². The molecule has 0 aliphatic heterocycles. The van der Waals surface area contributed by atoms with Crippen molar-refractivity contribution in [2.75, 3.05) is 0 Å². The monoisotopic (exact) mass is 452 g/mol. The van der Waals surface area contributed by atoms with E-state index in [-0.39, 0.29) is 12.0 Å². The van der Waals surface area contributed by atoms with E-state index < -0.39 is 18.4 Å². The van der Waals surface area contributed by atoms with E-state index in [1.54, 1.807) is 0 Å². The molecule has 1 aromatic carbocycles. The third-order valence-corrected chi connectivity index (χ3v) is 21.6. The molecule has 0 spiro atoms. The molecule has 0 saturated carbocycles. The average Bonchev–Trinajstić information content (AvgIpc) is 2.67. The Morgan fingerprint density at radius 1 is 0.920 bits per heavy atom. The molecule has 0 aliphatic rings. The van der Waals surface area contributed by atoms with E-state index in [1.165, 1.54) is 56.3 Å². The van der Waals surface area contributed by atoms with Gasteiger partial charge < -0.3 is 0 Å². The molecule has 0 amide bonds. The van der Waals surface area contributed by atoms with Gasteiger partial charge in [-0.25, -0.2) is 0 Å². The number of aliphatic hydroxyl groups excluding tert-OH is 1. The van der Waals surface area contributed by atoms with Gasteiger partial charge in [0.15, 0.2) is 0 Å². The van der Waals surface area contributed by atoms with Crippen molar-refractivity contribution in [2.24, 2.45) is 5.92 Å². The fraction of sp³-hybridized carbons (Fsp3) is 0.652. The van der Waals surface area contributed by atoms with E-state index in [0.29, 0.717) is 0 Å². The van der Waals surface area contributed by atoms with Gasteiger partial charge in [-0.05, 0) is 0 Å². The second kappa shape index (κ2) is 13.0. The second-order valence-electron chi connectivity index (χ2n) is 7.77. The predicted molar refractivity (Wildman–Crippen MR) is 115 cm³/mol. The van der Waals surface area contributed by atoms with Crippen molar-refractivity contribution in [2.45, 2.75) is 83.1 Å². The van der Waals surface area contributed by atoms with Gasteiger partial charge >= 0.3 is 161 Å². The van der Waals surface area contributed by atoms with Gasteiger partial charge in [0.25, 0.3) is 0 Å². The summed E-state index contributed by atoms with van der Waals surface area (Å²) < 4.78 is 5.76. The van der Waals surface area contributed by atoms with Crippen LogP contribution in [0, 0.1) is 5.92 Å².